The lowest BCUT2D eigenvalue weighted by Gasteiger charge is -1.95. The summed E-state index contributed by atoms with van der Waals surface area (Å²) in [6, 6.07) is 10.2. The van der Waals surface area contributed by atoms with Crippen molar-refractivity contribution in [1.82, 2.24) is 15.1 Å². The Labute approximate surface area is 117 Å². The molecule has 0 amide bonds. The van der Waals surface area contributed by atoms with Gasteiger partial charge in [-0.1, -0.05) is 5.16 Å². The summed E-state index contributed by atoms with van der Waals surface area (Å²) in [5.41, 5.74) is 1.36. The summed E-state index contributed by atoms with van der Waals surface area (Å²) >= 11 is 3.38. The van der Waals surface area contributed by atoms with Gasteiger partial charge in [-0.05, 0) is 52.3 Å². The maximum atomic E-state index is 9.24. The van der Waals surface area contributed by atoms with Gasteiger partial charge >= 0.3 is 0 Å². The second-order valence-electron chi connectivity index (χ2n) is 3.80. The molecule has 0 fully saturated rings. The van der Waals surface area contributed by atoms with Crippen LogP contribution in [0.2, 0.25) is 0 Å². The van der Waals surface area contributed by atoms with Crippen LogP contribution >= 0.6 is 15.9 Å². The maximum Gasteiger partial charge on any atom is 0.278 e. The third kappa shape index (κ3) is 2.34. The van der Waals surface area contributed by atoms with Crippen molar-refractivity contribution in [3.63, 3.8) is 0 Å². The van der Waals surface area contributed by atoms with E-state index in [0.717, 1.165) is 10.0 Å². The molecule has 0 aliphatic carbocycles. The van der Waals surface area contributed by atoms with E-state index in [1.54, 1.807) is 30.5 Å². The van der Waals surface area contributed by atoms with Crippen molar-refractivity contribution in [1.29, 1.82) is 0 Å². The van der Waals surface area contributed by atoms with Gasteiger partial charge in [0.1, 0.15) is 11.4 Å². The van der Waals surface area contributed by atoms with Crippen LogP contribution in [-0.4, -0.2) is 20.2 Å². The van der Waals surface area contributed by atoms with Crippen LogP contribution in [0.25, 0.3) is 23.0 Å². The molecule has 2 heterocycles. The molecule has 1 N–H and O–H groups in total. The second kappa shape index (κ2) is 4.81. The number of aromatic hydroxyl groups is 1. The lowest BCUT2D eigenvalue weighted by Crippen LogP contribution is -1.85. The van der Waals surface area contributed by atoms with Crippen LogP contribution in [0, 0.1) is 0 Å². The molecule has 3 aromatic rings. The third-order valence-electron chi connectivity index (χ3n) is 2.51. The molecule has 0 aliphatic heterocycles. The summed E-state index contributed by atoms with van der Waals surface area (Å²) in [7, 11) is 0. The van der Waals surface area contributed by atoms with Gasteiger partial charge < -0.3 is 9.63 Å². The number of nitrogens with zero attached hydrogens (tertiary/aromatic N) is 3. The molecule has 0 saturated heterocycles. The summed E-state index contributed by atoms with van der Waals surface area (Å²) in [5.74, 6) is 0.989. The lowest BCUT2D eigenvalue weighted by molar-refractivity contribution is 0.430. The van der Waals surface area contributed by atoms with Crippen molar-refractivity contribution in [3.8, 4) is 28.7 Å². The minimum Gasteiger partial charge on any atom is -0.508 e. The molecule has 6 heteroatoms. The molecular weight excluding hydrogens is 310 g/mol. The van der Waals surface area contributed by atoms with Gasteiger partial charge in [0.25, 0.3) is 5.89 Å². The molecule has 19 heavy (non-hydrogen) atoms. The average Bonchev–Trinajstić information content (AvgIpc) is 2.89. The molecule has 0 spiro atoms. The van der Waals surface area contributed by atoms with Gasteiger partial charge in [0.2, 0.25) is 5.82 Å². The van der Waals surface area contributed by atoms with Crippen LogP contribution in [0.3, 0.4) is 0 Å². The smallest absolute Gasteiger partial charge is 0.278 e. The fourth-order valence-corrected chi connectivity index (χ4v) is 2.02. The van der Waals surface area contributed by atoms with Gasteiger partial charge in [0.05, 0.1) is 0 Å². The molecule has 0 atom stereocenters. The first-order chi connectivity index (χ1) is 9.24. The van der Waals surface area contributed by atoms with Gasteiger partial charge in [-0.25, -0.2) is 4.98 Å². The molecule has 2 aromatic heterocycles. The Morgan fingerprint density at radius 3 is 2.63 bits per heavy atom. The zero-order valence-corrected chi connectivity index (χ0v) is 11.2. The Balaban J connectivity index is 2.00. The highest BCUT2D eigenvalue weighted by Crippen LogP contribution is 2.26. The normalized spacial score (nSPS) is 10.6. The summed E-state index contributed by atoms with van der Waals surface area (Å²) in [6.45, 7) is 0. The average molecular weight is 318 g/mol. The molecule has 0 aliphatic rings. The Hall–Kier alpha value is -2.21. The van der Waals surface area contributed by atoms with E-state index in [-0.39, 0.29) is 5.75 Å². The molecule has 1 aromatic carbocycles. The highest BCUT2D eigenvalue weighted by atomic mass is 79.9. The lowest BCUT2D eigenvalue weighted by atomic mass is 10.2. The minimum atomic E-state index is 0.194. The number of hydrogen-bond acceptors (Lipinski definition) is 5. The van der Waals surface area contributed by atoms with E-state index in [0.29, 0.717) is 17.4 Å². The van der Waals surface area contributed by atoms with Crippen molar-refractivity contribution >= 4 is 15.9 Å². The van der Waals surface area contributed by atoms with Gasteiger partial charge in [-0.2, -0.15) is 4.98 Å². The van der Waals surface area contributed by atoms with E-state index in [2.05, 4.69) is 31.1 Å². The van der Waals surface area contributed by atoms with Crippen LogP contribution in [0.5, 0.6) is 5.75 Å². The van der Waals surface area contributed by atoms with Crippen molar-refractivity contribution in [3.05, 3.63) is 47.1 Å². The first-order valence-corrected chi connectivity index (χ1v) is 6.27. The Morgan fingerprint density at radius 2 is 1.89 bits per heavy atom. The summed E-state index contributed by atoms with van der Waals surface area (Å²) in [6.07, 6.45) is 1.66. The number of phenolic OH excluding ortho intramolecular Hbond substituents is 1. The number of benzene rings is 1. The van der Waals surface area contributed by atoms with Crippen LogP contribution < -0.4 is 0 Å². The number of aromatic nitrogens is 3. The fourth-order valence-electron chi connectivity index (χ4n) is 1.59. The summed E-state index contributed by atoms with van der Waals surface area (Å²) in [4.78, 5) is 8.48. The molecule has 0 saturated carbocycles. The molecule has 5 nitrogen and oxygen atoms in total. The van der Waals surface area contributed by atoms with E-state index < -0.39 is 0 Å². The predicted molar refractivity (Wildman–Crippen MR) is 72.3 cm³/mol. The predicted octanol–water partition coefficient (Wildman–Crippen LogP) is 3.27. The number of halogens is 1. The molecule has 0 radical (unpaired) electrons. The molecular formula is C13H8BrN3O2. The number of rotatable bonds is 2. The zero-order chi connectivity index (χ0) is 13.2. The van der Waals surface area contributed by atoms with Gasteiger partial charge in [-0.3, -0.25) is 0 Å². The summed E-state index contributed by atoms with van der Waals surface area (Å²) < 4.78 is 5.99. The maximum absolute atomic E-state index is 9.24. The number of hydrogen-bond donors (Lipinski definition) is 1. The SMILES string of the molecule is Oc1ccc(-c2noc(-c3ncccc3Br)n2)cc1. The van der Waals surface area contributed by atoms with Gasteiger partial charge in [-0.15, -0.1) is 0 Å². The van der Waals surface area contributed by atoms with Crippen LogP contribution in [-0.2, 0) is 0 Å². The highest BCUT2D eigenvalue weighted by molar-refractivity contribution is 9.10. The Morgan fingerprint density at radius 1 is 1.11 bits per heavy atom. The van der Waals surface area contributed by atoms with Crippen molar-refractivity contribution in [2.45, 2.75) is 0 Å². The topological polar surface area (TPSA) is 72.0 Å². The highest BCUT2D eigenvalue weighted by Gasteiger charge is 2.13. The van der Waals surface area contributed by atoms with Gasteiger partial charge in [0.15, 0.2) is 0 Å². The monoisotopic (exact) mass is 317 g/mol. The Kier molecular flexibility index (Phi) is 3.00. The standard InChI is InChI=1S/C13H8BrN3O2/c14-10-2-1-7-15-11(10)13-16-12(17-19-13)8-3-5-9(18)6-4-8/h1-7,18H. The fraction of sp³-hybridized carbons (Fsp3) is 0. The quantitative estimate of drug-likeness (QED) is 0.785. The number of phenols is 1. The van der Waals surface area contributed by atoms with E-state index in [1.165, 1.54) is 0 Å². The van der Waals surface area contributed by atoms with Gasteiger partial charge in [0, 0.05) is 16.2 Å². The summed E-state index contributed by atoms with van der Waals surface area (Å²) in [5, 5.41) is 13.1. The first kappa shape index (κ1) is 11.9. The van der Waals surface area contributed by atoms with E-state index in [9.17, 15) is 5.11 Å². The van der Waals surface area contributed by atoms with Crippen LogP contribution in [0.4, 0.5) is 0 Å². The molecule has 0 unspecified atom stereocenters. The van der Waals surface area contributed by atoms with Crippen LogP contribution in [0.15, 0.2) is 51.6 Å². The second-order valence-corrected chi connectivity index (χ2v) is 4.66. The number of pyridine rings is 1. The van der Waals surface area contributed by atoms with E-state index >= 15 is 0 Å². The van der Waals surface area contributed by atoms with E-state index in [4.69, 9.17) is 4.52 Å². The first-order valence-electron chi connectivity index (χ1n) is 5.48. The van der Waals surface area contributed by atoms with Crippen molar-refractivity contribution in [2.24, 2.45) is 0 Å². The minimum absolute atomic E-state index is 0.194. The van der Waals surface area contributed by atoms with Crippen LogP contribution in [0.1, 0.15) is 0 Å². The van der Waals surface area contributed by atoms with Crippen molar-refractivity contribution < 1.29 is 9.63 Å². The largest absolute Gasteiger partial charge is 0.508 e. The molecule has 94 valence electrons. The third-order valence-corrected chi connectivity index (χ3v) is 3.15. The van der Waals surface area contributed by atoms with Crippen molar-refractivity contribution in [2.75, 3.05) is 0 Å². The molecule has 0 bridgehead atoms. The van der Waals surface area contributed by atoms with E-state index in [1.807, 2.05) is 12.1 Å². The zero-order valence-electron chi connectivity index (χ0n) is 9.62. The molecule has 3 rings (SSSR count). The Bertz CT molecular complexity index is 710.